The van der Waals surface area contributed by atoms with Crippen molar-refractivity contribution in [2.24, 2.45) is 0 Å². The van der Waals surface area contributed by atoms with Crippen molar-refractivity contribution in [2.75, 3.05) is 18.8 Å². The van der Waals surface area contributed by atoms with Crippen LogP contribution in [-0.4, -0.2) is 49.8 Å². The van der Waals surface area contributed by atoms with Crippen molar-refractivity contribution in [1.29, 1.82) is 0 Å². The van der Waals surface area contributed by atoms with Crippen molar-refractivity contribution < 1.29 is 16.8 Å². The lowest BCUT2D eigenvalue weighted by atomic mass is 10.1. The van der Waals surface area contributed by atoms with Gasteiger partial charge < -0.3 is 0 Å². The van der Waals surface area contributed by atoms with Crippen LogP contribution in [0.25, 0.3) is 5.69 Å². The maximum absolute atomic E-state index is 13.1. The Labute approximate surface area is 180 Å². The van der Waals surface area contributed by atoms with Crippen LogP contribution in [0.1, 0.15) is 17.2 Å². The van der Waals surface area contributed by atoms with Gasteiger partial charge in [-0.15, -0.1) is 0 Å². The van der Waals surface area contributed by atoms with Crippen LogP contribution in [0.5, 0.6) is 0 Å². The first-order chi connectivity index (χ1) is 14.3. The van der Waals surface area contributed by atoms with Crippen molar-refractivity contribution >= 4 is 31.5 Å². The molecule has 4 rings (SSSR count). The molecule has 0 N–H and O–H groups in total. The number of sulfone groups is 1. The summed E-state index contributed by atoms with van der Waals surface area (Å²) >= 11 is 6.21. The molecule has 10 heteroatoms. The van der Waals surface area contributed by atoms with Crippen molar-refractivity contribution in [3.63, 3.8) is 0 Å². The fourth-order valence-electron chi connectivity index (χ4n) is 3.59. The van der Waals surface area contributed by atoms with E-state index >= 15 is 0 Å². The highest BCUT2D eigenvalue weighted by Gasteiger charge is 2.36. The molecule has 2 heterocycles. The Balaban J connectivity index is 1.59. The zero-order valence-corrected chi connectivity index (χ0v) is 18.3. The standard InChI is InChI=1S/C20H20ClN3O4S2/c21-19-5-2-1-4-18(19)20-10-13-23(14-15-29(20,25)26)30(27,28)17-8-6-16(7-9-17)24-12-3-11-22-24/h1-9,11-12,20H,10,13-15H2. The molecule has 1 aromatic heterocycles. The molecule has 3 aromatic rings. The maximum atomic E-state index is 13.1. The summed E-state index contributed by atoms with van der Waals surface area (Å²) in [6.45, 7) is 0.00485. The summed E-state index contributed by atoms with van der Waals surface area (Å²) in [5.41, 5.74) is 1.25. The predicted molar refractivity (Wildman–Crippen MR) is 115 cm³/mol. The number of sulfonamides is 1. The molecular formula is C20H20ClN3O4S2. The van der Waals surface area contributed by atoms with E-state index in [1.807, 2.05) is 0 Å². The highest BCUT2D eigenvalue weighted by molar-refractivity contribution is 7.92. The lowest BCUT2D eigenvalue weighted by Crippen LogP contribution is -2.33. The largest absolute Gasteiger partial charge is 0.243 e. The minimum absolute atomic E-state index is 0.0907. The van der Waals surface area contributed by atoms with E-state index in [9.17, 15) is 16.8 Å². The molecule has 30 heavy (non-hydrogen) atoms. The van der Waals surface area contributed by atoms with Crippen LogP contribution in [-0.2, 0) is 19.9 Å². The van der Waals surface area contributed by atoms with Gasteiger partial charge in [0, 0.05) is 30.5 Å². The maximum Gasteiger partial charge on any atom is 0.243 e. The molecule has 1 unspecified atom stereocenters. The summed E-state index contributed by atoms with van der Waals surface area (Å²) in [5, 5.41) is 3.67. The number of rotatable bonds is 4. The van der Waals surface area contributed by atoms with E-state index in [0.717, 1.165) is 5.69 Å². The van der Waals surface area contributed by atoms with E-state index in [1.165, 1.54) is 16.4 Å². The Kier molecular flexibility index (Phi) is 5.71. The van der Waals surface area contributed by atoms with Crippen molar-refractivity contribution in [1.82, 2.24) is 14.1 Å². The van der Waals surface area contributed by atoms with Gasteiger partial charge in [-0.2, -0.15) is 9.40 Å². The SMILES string of the molecule is O=S1(=O)CCN(S(=O)(=O)c2ccc(-n3cccn3)cc2)CCC1c1ccccc1Cl. The number of aromatic nitrogens is 2. The molecular weight excluding hydrogens is 446 g/mol. The van der Waals surface area contributed by atoms with Crippen molar-refractivity contribution in [3.05, 3.63) is 77.6 Å². The lowest BCUT2D eigenvalue weighted by molar-refractivity contribution is 0.428. The minimum atomic E-state index is -3.83. The number of hydrogen-bond acceptors (Lipinski definition) is 5. The van der Waals surface area contributed by atoms with Crippen molar-refractivity contribution in [2.45, 2.75) is 16.6 Å². The first kappa shape index (κ1) is 21.0. The van der Waals surface area contributed by atoms with E-state index in [1.54, 1.807) is 59.5 Å². The summed E-state index contributed by atoms with van der Waals surface area (Å²) in [6, 6.07) is 14.9. The topological polar surface area (TPSA) is 89.3 Å². The third kappa shape index (κ3) is 4.02. The molecule has 0 bridgehead atoms. The van der Waals surface area contributed by atoms with Crippen LogP contribution >= 0.6 is 11.6 Å². The Morgan fingerprint density at radius 3 is 2.40 bits per heavy atom. The van der Waals surface area contributed by atoms with Gasteiger partial charge in [0.15, 0.2) is 9.84 Å². The third-order valence-corrected chi connectivity index (χ3v) is 9.56. The molecule has 1 fully saturated rings. The molecule has 0 spiro atoms. The summed E-state index contributed by atoms with van der Waals surface area (Å²) in [4.78, 5) is 0.118. The van der Waals surface area contributed by atoms with Gasteiger partial charge in [-0.3, -0.25) is 0 Å². The molecule has 1 aliphatic rings. The summed E-state index contributed by atoms with van der Waals surface area (Å²) in [5.74, 6) is -0.256. The second kappa shape index (κ2) is 8.14. The fourth-order valence-corrected chi connectivity index (χ4v) is 7.31. The van der Waals surface area contributed by atoms with Gasteiger partial charge >= 0.3 is 0 Å². The van der Waals surface area contributed by atoms with Crippen LogP contribution in [0.15, 0.2) is 71.9 Å². The number of hydrogen-bond donors (Lipinski definition) is 0. The first-order valence-corrected chi connectivity index (χ1v) is 12.9. The van der Waals surface area contributed by atoms with Crippen LogP contribution in [0.2, 0.25) is 5.02 Å². The summed E-state index contributed by atoms with van der Waals surface area (Å²) < 4.78 is 54.9. The van der Waals surface area contributed by atoms with E-state index in [4.69, 9.17) is 11.6 Å². The van der Waals surface area contributed by atoms with E-state index in [0.29, 0.717) is 10.6 Å². The number of nitrogens with zero attached hydrogens (tertiary/aromatic N) is 3. The van der Waals surface area contributed by atoms with E-state index < -0.39 is 25.1 Å². The van der Waals surface area contributed by atoms with Crippen LogP contribution in [0.4, 0.5) is 0 Å². The molecule has 1 saturated heterocycles. The molecule has 0 aliphatic carbocycles. The van der Waals surface area contributed by atoms with Gasteiger partial charge in [-0.25, -0.2) is 21.5 Å². The molecule has 0 radical (unpaired) electrons. The van der Waals surface area contributed by atoms with Crippen LogP contribution < -0.4 is 0 Å². The van der Waals surface area contributed by atoms with Crippen LogP contribution in [0.3, 0.4) is 0 Å². The van der Waals surface area contributed by atoms with Gasteiger partial charge in [0.05, 0.1) is 21.6 Å². The van der Waals surface area contributed by atoms with Crippen LogP contribution in [0, 0.1) is 0 Å². The fraction of sp³-hybridized carbons (Fsp3) is 0.250. The lowest BCUT2D eigenvalue weighted by Gasteiger charge is -2.20. The normalized spacial score (nSPS) is 20.0. The zero-order chi connectivity index (χ0) is 21.4. The smallest absolute Gasteiger partial charge is 0.241 e. The molecule has 0 saturated carbocycles. The molecule has 1 atom stereocenters. The van der Waals surface area contributed by atoms with Gasteiger partial charge in [-0.05, 0) is 48.4 Å². The molecule has 0 amide bonds. The Hall–Kier alpha value is -2.20. The summed E-state index contributed by atoms with van der Waals surface area (Å²) in [6.07, 6.45) is 3.55. The third-order valence-electron chi connectivity index (χ3n) is 5.19. The first-order valence-electron chi connectivity index (χ1n) is 9.35. The second-order valence-electron chi connectivity index (χ2n) is 7.01. The monoisotopic (exact) mass is 465 g/mol. The quantitative estimate of drug-likeness (QED) is 0.590. The zero-order valence-electron chi connectivity index (χ0n) is 15.9. The highest BCUT2D eigenvalue weighted by Crippen LogP contribution is 2.35. The number of halogens is 1. The van der Waals surface area contributed by atoms with E-state index in [-0.39, 0.29) is 30.2 Å². The van der Waals surface area contributed by atoms with Gasteiger partial charge in [0.25, 0.3) is 0 Å². The highest BCUT2D eigenvalue weighted by atomic mass is 35.5. The number of benzene rings is 2. The average molecular weight is 466 g/mol. The molecule has 1 aliphatic heterocycles. The molecule has 7 nitrogen and oxygen atoms in total. The molecule has 2 aromatic carbocycles. The average Bonchev–Trinajstić information content (AvgIpc) is 3.21. The van der Waals surface area contributed by atoms with E-state index in [2.05, 4.69) is 5.10 Å². The Morgan fingerprint density at radius 1 is 1.00 bits per heavy atom. The predicted octanol–water partition coefficient (Wildman–Crippen LogP) is 3.08. The second-order valence-corrected chi connectivity index (χ2v) is 11.7. The summed E-state index contributed by atoms with van der Waals surface area (Å²) in [7, 11) is -7.38. The van der Waals surface area contributed by atoms with Gasteiger partial charge in [0.1, 0.15) is 0 Å². The molecule has 158 valence electrons. The van der Waals surface area contributed by atoms with Gasteiger partial charge in [0.2, 0.25) is 10.0 Å². The Bertz CT molecular complexity index is 1240. The minimum Gasteiger partial charge on any atom is -0.241 e. The Morgan fingerprint density at radius 2 is 1.73 bits per heavy atom. The van der Waals surface area contributed by atoms with Crippen molar-refractivity contribution in [3.8, 4) is 5.69 Å². The van der Waals surface area contributed by atoms with Gasteiger partial charge in [-0.1, -0.05) is 29.8 Å².